The number of fused-ring (bicyclic) bond motifs is 1. The highest BCUT2D eigenvalue weighted by Gasteiger charge is 2.29. The van der Waals surface area contributed by atoms with E-state index < -0.39 is 10.0 Å². The molecule has 1 atom stereocenters. The van der Waals surface area contributed by atoms with Gasteiger partial charge in [-0.05, 0) is 30.4 Å². The molecule has 0 fully saturated rings. The minimum atomic E-state index is -3.15. The van der Waals surface area contributed by atoms with Crippen molar-refractivity contribution in [3.63, 3.8) is 0 Å². The van der Waals surface area contributed by atoms with Crippen LogP contribution in [0.2, 0.25) is 0 Å². The summed E-state index contributed by atoms with van der Waals surface area (Å²) in [5.74, 6) is 0.616. The first kappa shape index (κ1) is 12.4. The Labute approximate surface area is 104 Å². The summed E-state index contributed by atoms with van der Waals surface area (Å²) in [6.45, 7) is 4.61. The van der Waals surface area contributed by atoms with Crippen molar-refractivity contribution in [3.05, 3.63) is 29.8 Å². The molecule has 1 aliphatic rings. The summed E-state index contributed by atoms with van der Waals surface area (Å²) < 4.78 is 26.0. The number of anilines is 1. The maximum Gasteiger partial charge on any atom is 0.235 e. The molecule has 0 spiro atoms. The van der Waals surface area contributed by atoms with Crippen molar-refractivity contribution >= 4 is 15.7 Å². The summed E-state index contributed by atoms with van der Waals surface area (Å²) in [4.78, 5) is 0. The van der Waals surface area contributed by atoms with Gasteiger partial charge in [0.2, 0.25) is 10.0 Å². The molecule has 2 rings (SSSR count). The van der Waals surface area contributed by atoms with Crippen molar-refractivity contribution in [3.8, 4) is 0 Å². The molecule has 0 saturated carbocycles. The van der Waals surface area contributed by atoms with Crippen LogP contribution in [0.25, 0.3) is 0 Å². The molecule has 0 radical (unpaired) electrons. The molecule has 1 unspecified atom stereocenters. The monoisotopic (exact) mass is 253 g/mol. The zero-order chi connectivity index (χ0) is 12.5. The molecular weight excluding hydrogens is 234 g/mol. The van der Waals surface area contributed by atoms with Crippen molar-refractivity contribution in [2.24, 2.45) is 5.92 Å². The molecule has 0 amide bonds. The highest BCUT2D eigenvalue weighted by Crippen LogP contribution is 2.31. The van der Waals surface area contributed by atoms with Gasteiger partial charge in [0.1, 0.15) is 0 Å². The molecule has 1 aromatic rings. The van der Waals surface area contributed by atoms with Crippen molar-refractivity contribution < 1.29 is 8.42 Å². The number of hydrogen-bond donors (Lipinski definition) is 0. The molecule has 0 bridgehead atoms. The average molecular weight is 253 g/mol. The van der Waals surface area contributed by atoms with E-state index in [1.165, 1.54) is 0 Å². The molecule has 0 N–H and O–H groups in total. The molecule has 0 saturated heterocycles. The lowest BCUT2D eigenvalue weighted by molar-refractivity contribution is 0.544. The van der Waals surface area contributed by atoms with Crippen molar-refractivity contribution in [1.29, 1.82) is 0 Å². The quantitative estimate of drug-likeness (QED) is 0.829. The molecule has 1 aromatic carbocycles. The van der Waals surface area contributed by atoms with Gasteiger partial charge in [0, 0.05) is 6.54 Å². The summed E-state index contributed by atoms with van der Waals surface area (Å²) in [5.41, 5.74) is 2.02. The predicted molar refractivity (Wildman–Crippen MR) is 70.7 cm³/mol. The number of benzene rings is 1. The van der Waals surface area contributed by atoms with Crippen molar-refractivity contribution in [1.82, 2.24) is 0 Å². The van der Waals surface area contributed by atoms with Gasteiger partial charge < -0.3 is 0 Å². The van der Waals surface area contributed by atoms with Gasteiger partial charge in [-0.3, -0.25) is 4.31 Å². The lowest BCUT2D eigenvalue weighted by atomic mass is 9.96. The molecule has 94 valence electrons. The number of hydrogen-bond acceptors (Lipinski definition) is 2. The summed E-state index contributed by atoms with van der Waals surface area (Å²) in [6.07, 6.45) is 1.63. The third-order valence-electron chi connectivity index (χ3n) is 3.10. The summed E-state index contributed by atoms with van der Waals surface area (Å²) in [5, 5.41) is 0. The van der Waals surface area contributed by atoms with E-state index in [2.05, 4.69) is 6.92 Å². The first-order chi connectivity index (χ1) is 8.04. The second kappa shape index (κ2) is 4.69. The third-order valence-corrected chi connectivity index (χ3v) is 5.05. The lowest BCUT2D eigenvalue weighted by Gasteiger charge is -2.33. The van der Waals surface area contributed by atoms with Gasteiger partial charge >= 0.3 is 0 Å². The maximum absolute atomic E-state index is 12.2. The Morgan fingerprint density at radius 3 is 2.76 bits per heavy atom. The zero-order valence-corrected chi connectivity index (χ0v) is 11.2. The maximum atomic E-state index is 12.2. The number of sulfonamides is 1. The van der Waals surface area contributed by atoms with Crippen LogP contribution in [0.3, 0.4) is 0 Å². The largest absolute Gasteiger partial charge is 0.270 e. The smallest absolute Gasteiger partial charge is 0.235 e. The SMILES string of the molecule is CCCS(=O)(=O)N1CC(C)Cc2ccccc21. The number of rotatable bonds is 3. The Morgan fingerprint density at radius 2 is 2.06 bits per heavy atom. The van der Waals surface area contributed by atoms with Crippen molar-refractivity contribution in [2.75, 3.05) is 16.6 Å². The van der Waals surface area contributed by atoms with E-state index in [-0.39, 0.29) is 5.75 Å². The van der Waals surface area contributed by atoms with E-state index in [9.17, 15) is 8.42 Å². The highest BCUT2D eigenvalue weighted by molar-refractivity contribution is 7.92. The van der Waals surface area contributed by atoms with E-state index in [1.807, 2.05) is 31.2 Å². The minimum absolute atomic E-state index is 0.230. The fraction of sp³-hybridized carbons (Fsp3) is 0.538. The summed E-state index contributed by atoms with van der Waals surface area (Å²) in [6, 6.07) is 7.82. The van der Waals surface area contributed by atoms with Crippen molar-refractivity contribution in [2.45, 2.75) is 26.7 Å². The molecule has 4 heteroatoms. The second-order valence-electron chi connectivity index (χ2n) is 4.79. The molecular formula is C13H19NO2S. The fourth-order valence-corrected chi connectivity index (χ4v) is 4.08. The van der Waals surface area contributed by atoms with E-state index in [1.54, 1.807) is 4.31 Å². The van der Waals surface area contributed by atoms with Crippen LogP contribution in [0.5, 0.6) is 0 Å². The topological polar surface area (TPSA) is 37.4 Å². The molecule has 0 aromatic heterocycles. The Morgan fingerprint density at radius 1 is 1.35 bits per heavy atom. The van der Waals surface area contributed by atoms with Crippen LogP contribution in [-0.2, 0) is 16.4 Å². The molecule has 0 aliphatic carbocycles. The van der Waals surface area contributed by atoms with Crippen LogP contribution in [-0.4, -0.2) is 20.7 Å². The van der Waals surface area contributed by atoms with E-state index in [0.717, 1.165) is 17.7 Å². The van der Waals surface area contributed by atoms with Crippen LogP contribution in [0.15, 0.2) is 24.3 Å². The summed E-state index contributed by atoms with van der Waals surface area (Å²) >= 11 is 0. The van der Waals surface area contributed by atoms with Crippen LogP contribution >= 0.6 is 0 Å². The zero-order valence-electron chi connectivity index (χ0n) is 10.4. The predicted octanol–water partition coefficient (Wildman–Crippen LogP) is 2.43. The average Bonchev–Trinajstić information content (AvgIpc) is 2.27. The standard InChI is InChI=1S/C13H19NO2S/c1-3-8-17(15,16)14-10-11(2)9-12-6-4-5-7-13(12)14/h4-7,11H,3,8-10H2,1-2H3. The normalized spacial score (nSPS) is 20.1. The third kappa shape index (κ3) is 2.46. The van der Waals surface area contributed by atoms with Crippen LogP contribution in [0, 0.1) is 5.92 Å². The van der Waals surface area contributed by atoms with Gasteiger partial charge in [-0.25, -0.2) is 8.42 Å². The number of para-hydroxylation sites is 1. The van der Waals surface area contributed by atoms with Gasteiger partial charge in [0.05, 0.1) is 11.4 Å². The molecule has 17 heavy (non-hydrogen) atoms. The first-order valence-corrected chi connectivity index (χ1v) is 7.74. The van der Waals surface area contributed by atoms with Gasteiger partial charge in [0.15, 0.2) is 0 Å². The molecule has 3 nitrogen and oxygen atoms in total. The van der Waals surface area contributed by atoms with E-state index >= 15 is 0 Å². The van der Waals surface area contributed by atoms with Gasteiger partial charge in [0.25, 0.3) is 0 Å². The van der Waals surface area contributed by atoms with E-state index in [0.29, 0.717) is 18.9 Å². The van der Waals surface area contributed by atoms with Gasteiger partial charge in [-0.1, -0.05) is 32.0 Å². The second-order valence-corrected chi connectivity index (χ2v) is 6.80. The van der Waals surface area contributed by atoms with Gasteiger partial charge in [-0.15, -0.1) is 0 Å². The first-order valence-electron chi connectivity index (χ1n) is 6.13. The van der Waals surface area contributed by atoms with E-state index in [4.69, 9.17) is 0 Å². The Bertz CT molecular complexity index is 496. The molecule has 1 heterocycles. The highest BCUT2D eigenvalue weighted by atomic mass is 32.2. The van der Waals surface area contributed by atoms with Crippen LogP contribution in [0.4, 0.5) is 5.69 Å². The molecule has 1 aliphatic heterocycles. The Balaban J connectivity index is 2.43. The Kier molecular flexibility index (Phi) is 3.43. The number of nitrogens with zero attached hydrogens (tertiary/aromatic N) is 1. The van der Waals surface area contributed by atoms with Crippen LogP contribution in [0.1, 0.15) is 25.8 Å². The van der Waals surface area contributed by atoms with Gasteiger partial charge in [-0.2, -0.15) is 0 Å². The summed E-state index contributed by atoms with van der Waals surface area (Å²) in [7, 11) is -3.15. The minimum Gasteiger partial charge on any atom is -0.270 e. The van der Waals surface area contributed by atoms with Crippen LogP contribution < -0.4 is 4.31 Å². The fourth-order valence-electron chi connectivity index (χ4n) is 2.38. The Hall–Kier alpha value is -1.03. The lowest BCUT2D eigenvalue weighted by Crippen LogP contribution is -2.40.